The highest BCUT2D eigenvalue weighted by atomic mass is 15.3. The van der Waals surface area contributed by atoms with Crippen molar-refractivity contribution in [2.45, 2.75) is 46.1 Å². The lowest BCUT2D eigenvalue weighted by atomic mass is 9.91. The number of guanidine groups is 1. The average Bonchev–Trinajstić information content (AvgIpc) is 2.40. The number of nitrogens with two attached hydrogens (primary N) is 1. The van der Waals surface area contributed by atoms with E-state index in [0.29, 0.717) is 0 Å². The molecule has 0 aromatic heterocycles. The second kappa shape index (κ2) is 4.20. The molecule has 82 valence electrons. The molecule has 14 heavy (non-hydrogen) atoms. The van der Waals surface area contributed by atoms with Crippen LogP contribution in [0.15, 0.2) is 4.99 Å². The molecule has 0 aromatic rings. The smallest absolute Gasteiger partial charge is 0.191 e. The van der Waals surface area contributed by atoms with Crippen LogP contribution < -0.4 is 5.73 Å². The first kappa shape index (κ1) is 11.3. The maximum Gasteiger partial charge on any atom is 0.191 e. The Hall–Kier alpha value is -0.730. The minimum absolute atomic E-state index is 0.170. The summed E-state index contributed by atoms with van der Waals surface area (Å²) in [6, 6.07) is 0. The van der Waals surface area contributed by atoms with Crippen LogP contribution in [0.3, 0.4) is 0 Å². The zero-order valence-electron chi connectivity index (χ0n) is 9.88. The quantitative estimate of drug-likeness (QED) is 0.747. The van der Waals surface area contributed by atoms with E-state index in [2.05, 4.69) is 37.6 Å². The van der Waals surface area contributed by atoms with Crippen molar-refractivity contribution in [2.24, 2.45) is 16.6 Å². The second-order valence-electron chi connectivity index (χ2n) is 4.85. The molecule has 0 saturated carbocycles. The van der Waals surface area contributed by atoms with E-state index >= 15 is 0 Å². The molecule has 0 spiro atoms. The fourth-order valence-corrected chi connectivity index (χ4v) is 2.06. The van der Waals surface area contributed by atoms with Crippen LogP contribution in [0.25, 0.3) is 0 Å². The molecular formula is C11H23N3. The average molecular weight is 197 g/mol. The Morgan fingerprint density at radius 1 is 1.57 bits per heavy atom. The van der Waals surface area contributed by atoms with Crippen LogP contribution in [-0.4, -0.2) is 29.5 Å². The van der Waals surface area contributed by atoms with E-state index in [9.17, 15) is 0 Å². The minimum Gasteiger partial charge on any atom is -0.370 e. The fraction of sp³-hybridized carbons (Fsp3) is 0.909. The van der Waals surface area contributed by atoms with Crippen molar-refractivity contribution >= 4 is 5.96 Å². The van der Waals surface area contributed by atoms with E-state index in [4.69, 9.17) is 5.73 Å². The van der Waals surface area contributed by atoms with Gasteiger partial charge in [0.15, 0.2) is 5.96 Å². The summed E-state index contributed by atoms with van der Waals surface area (Å²) in [7, 11) is 0. The number of rotatable bonds is 4. The van der Waals surface area contributed by atoms with Gasteiger partial charge in [0.25, 0.3) is 0 Å². The van der Waals surface area contributed by atoms with E-state index in [1.165, 1.54) is 12.8 Å². The van der Waals surface area contributed by atoms with Gasteiger partial charge in [-0.1, -0.05) is 13.8 Å². The predicted octanol–water partition coefficient (Wildman–Crippen LogP) is 1.83. The summed E-state index contributed by atoms with van der Waals surface area (Å²) in [5.74, 6) is 1.48. The first-order valence-electron chi connectivity index (χ1n) is 5.57. The van der Waals surface area contributed by atoms with Crippen molar-refractivity contribution in [2.75, 3.05) is 13.1 Å². The van der Waals surface area contributed by atoms with Gasteiger partial charge in [-0.2, -0.15) is 0 Å². The monoisotopic (exact) mass is 197 g/mol. The van der Waals surface area contributed by atoms with Gasteiger partial charge in [-0.3, -0.25) is 4.99 Å². The molecule has 1 heterocycles. The van der Waals surface area contributed by atoms with Crippen molar-refractivity contribution in [3.63, 3.8) is 0 Å². The van der Waals surface area contributed by atoms with E-state index in [1.54, 1.807) is 0 Å². The summed E-state index contributed by atoms with van der Waals surface area (Å²) in [4.78, 5) is 6.57. The number of nitrogens with zero attached hydrogens (tertiary/aromatic N) is 2. The van der Waals surface area contributed by atoms with Crippen LogP contribution in [0.5, 0.6) is 0 Å². The van der Waals surface area contributed by atoms with Crippen LogP contribution in [0.4, 0.5) is 0 Å². The standard InChI is InChI=1S/C11H23N3/c1-5-14-10(12)13-8-11(14,4)7-6-9(2)3/h9H,5-8H2,1-4H3,(H2,12,13). The highest BCUT2D eigenvalue weighted by molar-refractivity contribution is 5.80. The van der Waals surface area contributed by atoms with E-state index in [1.807, 2.05) is 0 Å². The van der Waals surface area contributed by atoms with E-state index < -0.39 is 0 Å². The molecule has 0 aromatic carbocycles. The van der Waals surface area contributed by atoms with Crippen LogP contribution in [0.2, 0.25) is 0 Å². The molecule has 0 radical (unpaired) electrons. The molecule has 1 unspecified atom stereocenters. The van der Waals surface area contributed by atoms with Crippen LogP contribution in [-0.2, 0) is 0 Å². The SMILES string of the molecule is CCN1C(N)=NCC1(C)CCC(C)C. The molecule has 2 N–H and O–H groups in total. The summed E-state index contributed by atoms with van der Waals surface area (Å²) in [6.07, 6.45) is 2.43. The molecule has 1 aliphatic rings. The van der Waals surface area contributed by atoms with Crippen LogP contribution >= 0.6 is 0 Å². The van der Waals surface area contributed by atoms with Gasteiger partial charge in [-0.05, 0) is 32.6 Å². The summed E-state index contributed by atoms with van der Waals surface area (Å²) in [6.45, 7) is 10.8. The number of aliphatic imine (C=N–C) groups is 1. The third-order valence-electron chi connectivity index (χ3n) is 3.09. The lowest BCUT2D eigenvalue weighted by Gasteiger charge is -2.36. The maximum atomic E-state index is 5.85. The molecule has 3 heteroatoms. The first-order chi connectivity index (χ1) is 6.49. The predicted molar refractivity (Wildman–Crippen MR) is 61.3 cm³/mol. The normalized spacial score (nSPS) is 27.2. The van der Waals surface area contributed by atoms with Crippen LogP contribution in [0.1, 0.15) is 40.5 Å². The summed E-state index contributed by atoms with van der Waals surface area (Å²) < 4.78 is 0. The lowest BCUT2D eigenvalue weighted by molar-refractivity contribution is 0.204. The Kier molecular flexibility index (Phi) is 3.40. The molecular weight excluding hydrogens is 174 g/mol. The van der Waals surface area contributed by atoms with Gasteiger partial charge in [-0.15, -0.1) is 0 Å². The third kappa shape index (κ3) is 2.20. The van der Waals surface area contributed by atoms with Gasteiger partial charge < -0.3 is 10.6 Å². The Bertz CT molecular complexity index is 223. The molecule has 0 fully saturated rings. The molecule has 1 rings (SSSR count). The maximum absolute atomic E-state index is 5.85. The Balaban J connectivity index is 2.57. The van der Waals surface area contributed by atoms with Crippen molar-refractivity contribution < 1.29 is 0 Å². The molecule has 0 aliphatic carbocycles. The second-order valence-corrected chi connectivity index (χ2v) is 4.85. The van der Waals surface area contributed by atoms with Gasteiger partial charge in [0.05, 0.1) is 12.1 Å². The molecule has 1 atom stereocenters. The highest BCUT2D eigenvalue weighted by Gasteiger charge is 2.36. The largest absolute Gasteiger partial charge is 0.370 e. The van der Waals surface area contributed by atoms with Gasteiger partial charge in [0, 0.05) is 6.54 Å². The molecule has 0 amide bonds. The van der Waals surface area contributed by atoms with E-state index in [0.717, 1.165) is 25.0 Å². The van der Waals surface area contributed by atoms with Crippen molar-refractivity contribution in [3.05, 3.63) is 0 Å². The Labute approximate surface area is 87.4 Å². The Morgan fingerprint density at radius 2 is 2.21 bits per heavy atom. The molecule has 0 bridgehead atoms. The molecule has 0 saturated heterocycles. The minimum atomic E-state index is 0.170. The summed E-state index contributed by atoms with van der Waals surface area (Å²) >= 11 is 0. The van der Waals surface area contributed by atoms with Crippen molar-refractivity contribution in [1.29, 1.82) is 0 Å². The molecule has 3 nitrogen and oxygen atoms in total. The van der Waals surface area contributed by atoms with E-state index in [-0.39, 0.29) is 5.54 Å². The number of likely N-dealkylation sites (N-methyl/N-ethyl adjacent to an activating group) is 1. The number of hydrogen-bond acceptors (Lipinski definition) is 3. The fourth-order valence-electron chi connectivity index (χ4n) is 2.06. The van der Waals surface area contributed by atoms with Crippen molar-refractivity contribution in [1.82, 2.24) is 4.90 Å². The molecule has 1 aliphatic heterocycles. The first-order valence-corrected chi connectivity index (χ1v) is 5.57. The summed E-state index contributed by atoms with van der Waals surface area (Å²) in [5, 5.41) is 0. The van der Waals surface area contributed by atoms with Gasteiger partial charge in [0.1, 0.15) is 0 Å². The van der Waals surface area contributed by atoms with Crippen molar-refractivity contribution in [3.8, 4) is 0 Å². The zero-order valence-corrected chi connectivity index (χ0v) is 9.88. The Morgan fingerprint density at radius 3 is 2.71 bits per heavy atom. The van der Waals surface area contributed by atoms with Gasteiger partial charge in [-0.25, -0.2) is 0 Å². The van der Waals surface area contributed by atoms with Crippen LogP contribution in [0, 0.1) is 5.92 Å². The van der Waals surface area contributed by atoms with Gasteiger partial charge in [0.2, 0.25) is 0 Å². The highest BCUT2D eigenvalue weighted by Crippen LogP contribution is 2.27. The third-order valence-corrected chi connectivity index (χ3v) is 3.09. The van der Waals surface area contributed by atoms with Gasteiger partial charge >= 0.3 is 0 Å². The zero-order chi connectivity index (χ0) is 10.8. The topological polar surface area (TPSA) is 41.6 Å². The number of hydrogen-bond donors (Lipinski definition) is 1. The lowest BCUT2D eigenvalue weighted by Crippen LogP contribution is -2.49. The summed E-state index contributed by atoms with van der Waals surface area (Å²) in [5.41, 5.74) is 6.02.